The Morgan fingerprint density at radius 3 is 2.67 bits per heavy atom. The van der Waals surface area contributed by atoms with Gasteiger partial charge in [-0.1, -0.05) is 25.0 Å². The molecule has 1 aliphatic heterocycles. The van der Waals surface area contributed by atoms with Gasteiger partial charge in [-0.3, -0.25) is 9.89 Å². The highest BCUT2D eigenvalue weighted by molar-refractivity contribution is 7.89. The lowest BCUT2D eigenvalue weighted by Crippen LogP contribution is -2.43. The summed E-state index contributed by atoms with van der Waals surface area (Å²) in [7, 11) is -3.57. The number of carbonyl (C=O) groups is 1. The highest BCUT2D eigenvalue weighted by atomic mass is 32.2. The van der Waals surface area contributed by atoms with Crippen LogP contribution in [0.1, 0.15) is 48.7 Å². The number of hydrogen-bond acceptors (Lipinski definition) is 5. The van der Waals surface area contributed by atoms with Gasteiger partial charge in [-0.2, -0.15) is 9.40 Å². The normalized spacial score (nSPS) is 17.1. The number of aryl methyl sites for hydroxylation is 1. The van der Waals surface area contributed by atoms with Crippen molar-refractivity contribution in [2.75, 3.05) is 11.9 Å². The number of aromatic amines is 1. The zero-order chi connectivity index (χ0) is 23.6. The van der Waals surface area contributed by atoms with Gasteiger partial charge in [0.1, 0.15) is 11.4 Å². The minimum atomic E-state index is -3.57. The van der Waals surface area contributed by atoms with Crippen LogP contribution in [0.3, 0.4) is 0 Å². The predicted molar refractivity (Wildman–Crippen MR) is 127 cm³/mol. The van der Waals surface area contributed by atoms with E-state index in [-0.39, 0.29) is 22.4 Å². The summed E-state index contributed by atoms with van der Waals surface area (Å²) in [5.41, 5.74) is 2.64. The van der Waals surface area contributed by atoms with Crippen LogP contribution in [-0.4, -0.2) is 46.5 Å². The number of H-pyrrole nitrogens is 1. The fourth-order valence-electron chi connectivity index (χ4n) is 4.17. The van der Waals surface area contributed by atoms with Crippen molar-refractivity contribution >= 4 is 21.6 Å². The summed E-state index contributed by atoms with van der Waals surface area (Å²) in [5, 5.41) is 19.6. The topological polar surface area (TPSA) is 115 Å². The van der Waals surface area contributed by atoms with Crippen molar-refractivity contribution in [3.63, 3.8) is 0 Å². The number of sulfonamides is 1. The molecule has 4 rings (SSSR count). The quantitative estimate of drug-likeness (QED) is 0.499. The molecule has 174 valence electrons. The molecule has 0 bridgehead atoms. The number of piperidine rings is 1. The molecule has 8 nitrogen and oxygen atoms in total. The van der Waals surface area contributed by atoms with E-state index in [0.29, 0.717) is 23.5 Å². The molecule has 0 aliphatic carbocycles. The lowest BCUT2D eigenvalue weighted by Gasteiger charge is -2.34. The maximum Gasteiger partial charge on any atom is 0.273 e. The monoisotopic (exact) mass is 468 g/mol. The van der Waals surface area contributed by atoms with Gasteiger partial charge < -0.3 is 10.4 Å². The molecule has 0 saturated carbocycles. The summed E-state index contributed by atoms with van der Waals surface area (Å²) < 4.78 is 27.8. The Labute approximate surface area is 193 Å². The first kappa shape index (κ1) is 23.0. The number of aromatic nitrogens is 2. The molecular weight excluding hydrogens is 440 g/mol. The number of carbonyl (C=O) groups excluding carboxylic acids is 1. The Bertz CT molecular complexity index is 1250. The van der Waals surface area contributed by atoms with Crippen LogP contribution in [0.15, 0.2) is 53.4 Å². The maximum absolute atomic E-state index is 13.1. The second-order valence-electron chi connectivity index (χ2n) is 8.34. The van der Waals surface area contributed by atoms with Crippen LogP contribution in [-0.2, 0) is 10.0 Å². The molecule has 0 unspecified atom stereocenters. The molecule has 1 atom stereocenters. The van der Waals surface area contributed by atoms with Crippen LogP contribution in [0, 0.1) is 6.92 Å². The number of phenols is 1. The van der Waals surface area contributed by atoms with Crippen molar-refractivity contribution in [3.8, 4) is 17.0 Å². The van der Waals surface area contributed by atoms with Crippen LogP contribution in [0.25, 0.3) is 11.3 Å². The molecule has 33 heavy (non-hydrogen) atoms. The van der Waals surface area contributed by atoms with Gasteiger partial charge in [-0.05, 0) is 68.7 Å². The van der Waals surface area contributed by atoms with Crippen LogP contribution < -0.4 is 5.32 Å². The van der Waals surface area contributed by atoms with E-state index in [1.807, 2.05) is 13.8 Å². The van der Waals surface area contributed by atoms with E-state index in [4.69, 9.17) is 0 Å². The maximum atomic E-state index is 13.1. The van der Waals surface area contributed by atoms with Crippen LogP contribution in [0.2, 0.25) is 0 Å². The number of anilines is 1. The molecule has 3 aromatic rings. The molecule has 1 fully saturated rings. The summed E-state index contributed by atoms with van der Waals surface area (Å²) in [4.78, 5) is 12.9. The van der Waals surface area contributed by atoms with E-state index in [9.17, 15) is 18.3 Å². The zero-order valence-electron chi connectivity index (χ0n) is 18.7. The largest absolute Gasteiger partial charge is 0.507 e. The Hall–Kier alpha value is -3.17. The van der Waals surface area contributed by atoms with Gasteiger partial charge >= 0.3 is 0 Å². The lowest BCUT2D eigenvalue weighted by atomic mass is 10.0. The zero-order valence-corrected chi connectivity index (χ0v) is 19.5. The van der Waals surface area contributed by atoms with E-state index < -0.39 is 15.9 Å². The number of aromatic hydroxyl groups is 1. The lowest BCUT2D eigenvalue weighted by molar-refractivity contribution is 0.102. The molecule has 0 spiro atoms. The Morgan fingerprint density at radius 1 is 1.18 bits per heavy atom. The van der Waals surface area contributed by atoms with Gasteiger partial charge in [0.25, 0.3) is 5.91 Å². The molecule has 2 heterocycles. The second-order valence-corrected chi connectivity index (χ2v) is 10.2. The number of benzene rings is 2. The summed E-state index contributed by atoms with van der Waals surface area (Å²) in [6.07, 6.45) is 3.60. The van der Waals surface area contributed by atoms with Crippen molar-refractivity contribution < 1.29 is 18.3 Å². The third-order valence-electron chi connectivity index (χ3n) is 6.01. The van der Waals surface area contributed by atoms with Crippen molar-refractivity contribution in [2.45, 2.75) is 50.5 Å². The standard InChI is InChI=1S/C24H28N4O4S/c1-3-18-6-4-5-13-28(18)33(31,32)19-10-8-17(9-11-19)25-24(30)22-15-21(26-27-22)20-14-16(2)7-12-23(20)29/h7-12,14-15,18,29H,3-6,13H2,1-2H3,(H,25,30)(H,26,27)/t18-/m0/s1. The summed E-state index contributed by atoms with van der Waals surface area (Å²) >= 11 is 0. The first-order chi connectivity index (χ1) is 15.8. The van der Waals surface area contributed by atoms with Gasteiger partial charge in [0.05, 0.1) is 10.6 Å². The van der Waals surface area contributed by atoms with Gasteiger partial charge in [0.15, 0.2) is 0 Å². The molecule has 1 aromatic heterocycles. The fraction of sp³-hybridized carbons (Fsp3) is 0.333. The van der Waals surface area contributed by atoms with Gasteiger partial charge in [-0.25, -0.2) is 8.42 Å². The van der Waals surface area contributed by atoms with Gasteiger partial charge in [-0.15, -0.1) is 0 Å². The Morgan fingerprint density at radius 2 is 1.94 bits per heavy atom. The Balaban J connectivity index is 1.48. The van der Waals surface area contributed by atoms with Crippen LogP contribution in [0.4, 0.5) is 5.69 Å². The van der Waals surface area contributed by atoms with E-state index in [2.05, 4.69) is 15.5 Å². The first-order valence-electron chi connectivity index (χ1n) is 11.1. The molecule has 1 aliphatic rings. The molecule has 1 saturated heterocycles. The SMILES string of the molecule is CC[C@H]1CCCCN1S(=O)(=O)c1ccc(NC(=O)c2cc(-c3cc(C)ccc3O)n[nH]2)cc1. The van der Waals surface area contributed by atoms with Crippen molar-refractivity contribution in [3.05, 3.63) is 59.8 Å². The van der Waals surface area contributed by atoms with Gasteiger partial charge in [0.2, 0.25) is 10.0 Å². The number of phenolic OH excluding ortho intramolecular Hbond substituents is 1. The smallest absolute Gasteiger partial charge is 0.273 e. The van der Waals surface area contributed by atoms with E-state index in [1.54, 1.807) is 40.7 Å². The fourth-order valence-corrected chi connectivity index (χ4v) is 5.94. The van der Waals surface area contributed by atoms with Crippen LogP contribution >= 0.6 is 0 Å². The average molecular weight is 469 g/mol. The first-order valence-corrected chi connectivity index (χ1v) is 12.5. The molecule has 3 N–H and O–H groups in total. The number of rotatable bonds is 6. The number of amides is 1. The molecular formula is C24H28N4O4S. The number of nitrogens with one attached hydrogen (secondary N) is 2. The highest BCUT2D eigenvalue weighted by Gasteiger charge is 2.32. The molecule has 2 aromatic carbocycles. The van der Waals surface area contributed by atoms with E-state index >= 15 is 0 Å². The van der Waals surface area contributed by atoms with Crippen molar-refractivity contribution in [1.29, 1.82) is 0 Å². The van der Waals surface area contributed by atoms with Crippen molar-refractivity contribution in [2.24, 2.45) is 0 Å². The van der Waals surface area contributed by atoms with Crippen LogP contribution in [0.5, 0.6) is 5.75 Å². The predicted octanol–water partition coefficient (Wildman–Crippen LogP) is 4.30. The average Bonchev–Trinajstić information content (AvgIpc) is 3.31. The summed E-state index contributed by atoms with van der Waals surface area (Å²) in [5.74, 6) is -0.339. The number of nitrogens with zero attached hydrogens (tertiary/aromatic N) is 2. The van der Waals surface area contributed by atoms with Crippen molar-refractivity contribution in [1.82, 2.24) is 14.5 Å². The number of hydrogen-bond donors (Lipinski definition) is 3. The van der Waals surface area contributed by atoms with Gasteiger partial charge in [0, 0.05) is 23.8 Å². The third-order valence-corrected chi connectivity index (χ3v) is 7.98. The van der Waals surface area contributed by atoms with E-state index in [0.717, 1.165) is 31.2 Å². The molecule has 9 heteroatoms. The Kier molecular flexibility index (Phi) is 6.53. The highest BCUT2D eigenvalue weighted by Crippen LogP contribution is 2.30. The second kappa shape index (κ2) is 9.36. The molecule has 1 amide bonds. The van der Waals surface area contributed by atoms with E-state index in [1.165, 1.54) is 12.1 Å². The molecule has 0 radical (unpaired) electrons. The summed E-state index contributed by atoms with van der Waals surface area (Å²) in [6, 6.07) is 13.0. The summed E-state index contributed by atoms with van der Waals surface area (Å²) in [6.45, 7) is 4.46. The minimum Gasteiger partial charge on any atom is -0.507 e. The third kappa shape index (κ3) is 4.79. The minimum absolute atomic E-state index is 0.0329.